The molecule has 25 heavy (non-hydrogen) atoms. The molecule has 0 aliphatic heterocycles. The number of aromatic nitrogens is 2. The topological polar surface area (TPSA) is 99.6 Å². The van der Waals surface area contributed by atoms with Crippen LogP contribution in [0.2, 0.25) is 0 Å². The summed E-state index contributed by atoms with van der Waals surface area (Å²) in [6.45, 7) is 3.17. The lowest BCUT2D eigenvalue weighted by Crippen LogP contribution is -2.31. The summed E-state index contributed by atoms with van der Waals surface area (Å²) in [4.78, 5) is 15.5. The standard InChI is InChI=1S/C17H19N3O5/c1-11(18-8-16-19-15(10-22-2)20-25-16)9-23-13-5-3-12-4-6-17(21)24-14(12)7-13/h3-7,11,18H,8-10H2,1-2H3. The van der Waals surface area contributed by atoms with Crippen molar-refractivity contribution in [1.82, 2.24) is 15.5 Å². The Bertz CT molecular complexity index is 889. The van der Waals surface area contributed by atoms with Crippen molar-refractivity contribution in [1.29, 1.82) is 0 Å². The van der Waals surface area contributed by atoms with Gasteiger partial charge in [0, 0.05) is 30.7 Å². The molecule has 0 aliphatic carbocycles. The largest absolute Gasteiger partial charge is 0.492 e. The van der Waals surface area contributed by atoms with Crippen LogP contribution in [0.3, 0.4) is 0 Å². The van der Waals surface area contributed by atoms with Gasteiger partial charge in [-0.2, -0.15) is 4.98 Å². The van der Waals surface area contributed by atoms with Gasteiger partial charge in [-0.3, -0.25) is 0 Å². The molecule has 0 amide bonds. The van der Waals surface area contributed by atoms with Gasteiger partial charge in [0.25, 0.3) is 0 Å². The van der Waals surface area contributed by atoms with Gasteiger partial charge in [-0.25, -0.2) is 4.79 Å². The number of hydrogen-bond donors (Lipinski definition) is 1. The molecule has 1 atom stereocenters. The molecule has 0 aliphatic rings. The first-order chi connectivity index (χ1) is 12.1. The van der Waals surface area contributed by atoms with E-state index in [-0.39, 0.29) is 11.7 Å². The highest BCUT2D eigenvalue weighted by atomic mass is 16.5. The normalized spacial score (nSPS) is 12.4. The second-order valence-corrected chi connectivity index (χ2v) is 5.58. The molecule has 0 fully saturated rings. The third-order valence-electron chi connectivity index (χ3n) is 3.48. The van der Waals surface area contributed by atoms with Crippen LogP contribution in [0.4, 0.5) is 0 Å². The first-order valence-electron chi connectivity index (χ1n) is 7.84. The number of rotatable bonds is 8. The quantitative estimate of drug-likeness (QED) is 0.618. The molecule has 0 spiro atoms. The van der Waals surface area contributed by atoms with Crippen molar-refractivity contribution < 1.29 is 18.4 Å². The number of nitrogens with zero attached hydrogens (tertiary/aromatic N) is 2. The van der Waals surface area contributed by atoms with Crippen LogP contribution in [0, 0.1) is 0 Å². The minimum absolute atomic E-state index is 0.0521. The maximum atomic E-state index is 11.3. The van der Waals surface area contributed by atoms with Crippen molar-refractivity contribution in [3.05, 3.63) is 52.5 Å². The first-order valence-corrected chi connectivity index (χ1v) is 7.84. The number of methoxy groups -OCH3 is 1. The Morgan fingerprint density at radius 1 is 1.28 bits per heavy atom. The van der Waals surface area contributed by atoms with Crippen molar-refractivity contribution in [3.63, 3.8) is 0 Å². The third kappa shape index (κ3) is 4.65. The number of fused-ring (bicyclic) bond motifs is 1. The highest BCUT2D eigenvalue weighted by molar-refractivity contribution is 5.77. The molecule has 2 heterocycles. The minimum Gasteiger partial charge on any atom is -0.492 e. The Kier molecular flexibility index (Phi) is 5.42. The fraction of sp³-hybridized carbons (Fsp3) is 0.353. The maximum Gasteiger partial charge on any atom is 0.336 e. The zero-order valence-corrected chi connectivity index (χ0v) is 14.0. The summed E-state index contributed by atoms with van der Waals surface area (Å²) >= 11 is 0. The van der Waals surface area contributed by atoms with E-state index in [0.717, 1.165) is 5.39 Å². The molecule has 3 aromatic rings. The SMILES string of the molecule is COCc1noc(CNC(C)COc2ccc3ccc(=O)oc3c2)n1. The molecule has 0 saturated heterocycles. The second kappa shape index (κ2) is 7.91. The van der Waals surface area contributed by atoms with Crippen molar-refractivity contribution in [2.24, 2.45) is 0 Å². The summed E-state index contributed by atoms with van der Waals surface area (Å²) in [6, 6.07) is 8.56. The maximum absolute atomic E-state index is 11.3. The predicted octanol–water partition coefficient (Wildman–Crippen LogP) is 1.88. The molecular weight excluding hydrogens is 326 g/mol. The van der Waals surface area contributed by atoms with Crippen LogP contribution in [0.1, 0.15) is 18.6 Å². The van der Waals surface area contributed by atoms with E-state index in [4.69, 9.17) is 18.4 Å². The molecule has 2 aromatic heterocycles. The predicted molar refractivity (Wildman–Crippen MR) is 89.3 cm³/mol. The molecule has 0 saturated carbocycles. The minimum atomic E-state index is -0.382. The molecule has 0 radical (unpaired) electrons. The smallest absolute Gasteiger partial charge is 0.336 e. The number of ether oxygens (including phenoxy) is 2. The monoisotopic (exact) mass is 345 g/mol. The third-order valence-corrected chi connectivity index (χ3v) is 3.48. The lowest BCUT2D eigenvalue weighted by atomic mass is 10.2. The number of hydrogen-bond acceptors (Lipinski definition) is 8. The summed E-state index contributed by atoms with van der Waals surface area (Å²) in [5, 5.41) is 7.88. The van der Waals surface area contributed by atoms with Crippen molar-refractivity contribution in [2.75, 3.05) is 13.7 Å². The molecule has 0 bridgehead atoms. The highest BCUT2D eigenvalue weighted by Crippen LogP contribution is 2.19. The van der Waals surface area contributed by atoms with Crippen LogP contribution >= 0.6 is 0 Å². The Labute approximate surface area is 143 Å². The molecular formula is C17H19N3O5. The summed E-state index contributed by atoms with van der Waals surface area (Å²) < 4.78 is 20.9. The van der Waals surface area contributed by atoms with E-state index >= 15 is 0 Å². The zero-order valence-electron chi connectivity index (χ0n) is 14.0. The zero-order chi connectivity index (χ0) is 17.6. The lowest BCUT2D eigenvalue weighted by molar-refractivity contribution is 0.174. The Morgan fingerprint density at radius 2 is 2.12 bits per heavy atom. The van der Waals surface area contributed by atoms with Crippen LogP contribution < -0.4 is 15.7 Å². The summed E-state index contributed by atoms with van der Waals surface area (Å²) in [5.41, 5.74) is 0.120. The van der Waals surface area contributed by atoms with Gasteiger partial charge in [-0.15, -0.1) is 0 Å². The van der Waals surface area contributed by atoms with Crippen LogP contribution in [0.5, 0.6) is 5.75 Å². The molecule has 1 N–H and O–H groups in total. The fourth-order valence-corrected chi connectivity index (χ4v) is 2.22. The molecule has 1 aromatic carbocycles. The van der Waals surface area contributed by atoms with E-state index in [1.807, 2.05) is 19.1 Å². The van der Waals surface area contributed by atoms with E-state index in [2.05, 4.69) is 15.5 Å². The van der Waals surface area contributed by atoms with Gasteiger partial charge in [0.2, 0.25) is 5.89 Å². The van der Waals surface area contributed by atoms with Gasteiger partial charge < -0.3 is 23.7 Å². The van der Waals surface area contributed by atoms with Gasteiger partial charge in [-0.1, -0.05) is 5.16 Å². The van der Waals surface area contributed by atoms with Gasteiger partial charge in [-0.05, 0) is 25.1 Å². The molecule has 132 valence electrons. The summed E-state index contributed by atoms with van der Waals surface area (Å²) in [7, 11) is 1.58. The molecule has 1 unspecified atom stereocenters. The van der Waals surface area contributed by atoms with Crippen LogP contribution in [-0.2, 0) is 17.9 Å². The molecule has 3 rings (SSSR count). The van der Waals surface area contributed by atoms with E-state index in [9.17, 15) is 4.79 Å². The molecule has 8 nitrogen and oxygen atoms in total. The average molecular weight is 345 g/mol. The lowest BCUT2D eigenvalue weighted by Gasteiger charge is -2.14. The fourth-order valence-electron chi connectivity index (χ4n) is 2.22. The van der Waals surface area contributed by atoms with Crippen LogP contribution in [0.25, 0.3) is 11.0 Å². The second-order valence-electron chi connectivity index (χ2n) is 5.58. The van der Waals surface area contributed by atoms with Crippen LogP contribution in [0.15, 0.2) is 44.1 Å². The average Bonchev–Trinajstić information content (AvgIpc) is 3.05. The van der Waals surface area contributed by atoms with Crippen molar-refractivity contribution in [3.8, 4) is 5.75 Å². The Hall–Kier alpha value is -2.71. The summed E-state index contributed by atoms with van der Waals surface area (Å²) in [6.07, 6.45) is 0. The Balaban J connectivity index is 1.51. The molecule has 8 heteroatoms. The van der Waals surface area contributed by atoms with Crippen molar-refractivity contribution in [2.45, 2.75) is 26.1 Å². The van der Waals surface area contributed by atoms with E-state index in [1.54, 1.807) is 19.2 Å². The number of benzene rings is 1. The van der Waals surface area contributed by atoms with Crippen LogP contribution in [-0.4, -0.2) is 29.9 Å². The van der Waals surface area contributed by atoms with E-state index < -0.39 is 0 Å². The number of nitrogens with one attached hydrogen (secondary N) is 1. The van der Waals surface area contributed by atoms with E-state index in [1.165, 1.54) is 6.07 Å². The van der Waals surface area contributed by atoms with E-state index in [0.29, 0.717) is 42.8 Å². The summed E-state index contributed by atoms with van der Waals surface area (Å²) in [5.74, 6) is 1.64. The Morgan fingerprint density at radius 3 is 2.96 bits per heavy atom. The van der Waals surface area contributed by atoms with Gasteiger partial charge in [0.1, 0.15) is 24.5 Å². The van der Waals surface area contributed by atoms with Gasteiger partial charge in [0.05, 0.1) is 6.54 Å². The highest BCUT2D eigenvalue weighted by Gasteiger charge is 2.09. The van der Waals surface area contributed by atoms with Gasteiger partial charge >= 0.3 is 5.63 Å². The van der Waals surface area contributed by atoms with Crippen molar-refractivity contribution >= 4 is 11.0 Å². The first kappa shape index (κ1) is 17.1. The van der Waals surface area contributed by atoms with Gasteiger partial charge in [0.15, 0.2) is 5.82 Å².